The van der Waals surface area contributed by atoms with Crippen LogP contribution in [0, 0.1) is 5.92 Å². The third-order valence-electron chi connectivity index (χ3n) is 4.88. The van der Waals surface area contributed by atoms with Gasteiger partial charge in [0.15, 0.2) is 0 Å². The van der Waals surface area contributed by atoms with E-state index < -0.39 is 0 Å². The van der Waals surface area contributed by atoms with E-state index in [-0.39, 0.29) is 17.9 Å². The Labute approximate surface area is 167 Å². The maximum absolute atomic E-state index is 11.8. The number of carbonyl (C=O) groups excluding carboxylic acids is 2. The smallest absolute Gasteiger partial charge is 0.306 e. The third kappa shape index (κ3) is 19.5. The summed E-state index contributed by atoms with van der Waals surface area (Å²) in [5.41, 5.74) is 0. The topological polar surface area (TPSA) is 52.6 Å². The van der Waals surface area contributed by atoms with E-state index in [1.54, 1.807) is 0 Å². The fourth-order valence-corrected chi connectivity index (χ4v) is 3.02. The highest BCUT2D eigenvalue weighted by atomic mass is 16.5. The minimum atomic E-state index is -0.143. The number of ether oxygens (including phenoxy) is 2. The molecule has 4 heteroatoms. The highest BCUT2D eigenvalue weighted by Gasteiger charge is 2.13. The Bertz CT molecular complexity index is 354. The van der Waals surface area contributed by atoms with Crippen LogP contribution in [0.4, 0.5) is 0 Å². The molecule has 160 valence electrons. The Morgan fingerprint density at radius 1 is 0.667 bits per heavy atom. The van der Waals surface area contributed by atoms with Crippen molar-refractivity contribution in [3.8, 4) is 0 Å². The van der Waals surface area contributed by atoms with Crippen LogP contribution in [0.25, 0.3) is 0 Å². The van der Waals surface area contributed by atoms with Gasteiger partial charge in [0.05, 0.1) is 13.2 Å². The molecule has 0 aromatic rings. The van der Waals surface area contributed by atoms with E-state index in [9.17, 15) is 9.59 Å². The number of esters is 2. The first kappa shape index (κ1) is 25.9. The summed E-state index contributed by atoms with van der Waals surface area (Å²) in [6.07, 6.45) is 15.7. The van der Waals surface area contributed by atoms with Crippen LogP contribution < -0.4 is 0 Å². The van der Waals surface area contributed by atoms with Crippen LogP contribution in [0.2, 0.25) is 0 Å². The molecule has 0 bridgehead atoms. The molecule has 0 aliphatic rings. The van der Waals surface area contributed by atoms with Crippen molar-refractivity contribution >= 4 is 11.9 Å². The molecule has 1 unspecified atom stereocenters. The van der Waals surface area contributed by atoms with Gasteiger partial charge in [-0.1, -0.05) is 85.0 Å². The average molecular weight is 385 g/mol. The van der Waals surface area contributed by atoms with Crippen LogP contribution in [0.5, 0.6) is 0 Å². The Morgan fingerprint density at radius 3 is 1.63 bits per heavy atom. The maximum Gasteiger partial charge on any atom is 0.306 e. The van der Waals surface area contributed by atoms with Crippen molar-refractivity contribution in [2.45, 2.75) is 117 Å². The minimum Gasteiger partial charge on any atom is -0.466 e. The Morgan fingerprint density at radius 2 is 1.11 bits per heavy atom. The van der Waals surface area contributed by atoms with Crippen LogP contribution in [0.3, 0.4) is 0 Å². The van der Waals surface area contributed by atoms with Crippen molar-refractivity contribution in [1.82, 2.24) is 0 Å². The molecule has 0 rings (SSSR count). The first-order valence-corrected chi connectivity index (χ1v) is 11.4. The summed E-state index contributed by atoms with van der Waals surface area (Å²) in [7, 11) is 0. The van der Waals surface area contributed by atoms with E-state index in [1.165, 1.54) is 51.4 Å². The predicted molar refractivity (Wildman–Crippen MR) is 112 cm³/mol. The molecule has 0 fully saturated rings. The lowest BCUT2D eigenvalue weighted by atomic mass is 10.0. The molecule has 4 nitrogen and oxygen atoms in total. The van der Waals surface area contributed by atoms with Crippen LogP contribution >= 0.6 is 0 Å². The molecule has 0 aromatic carbocycles. The largest absolute Gasteiger partial charge is 0.466 e. The fraction of sp³-hybridized carbons (Fsp3) is 0.913. The molecule has 0 saturated heterocycles. The zero-order chi connectivity index (χ0) is 20.2. The second-order valence-corrected chi connectivity index (χ2v) is 7.82. The monoisotopic (exact) mass is 384 g/mol. The summed E-state index contributed by atoms with van der Waals surface area (Å²) in [4.78, 5) is 23.6. The molecule has 0 aliphatic carbocycles. The molecule has 0 N–H and O–H groups in total. The quantitative estimate of drug-likeness (QED) is 0.186. The molecule has 0 saturated carbocycles. The normalized spacial score (nSPS) is 12.0. The van der Waals surface area contributed by atoms with Crippen LogP contribution in [0.1, 0.15) is 117 Å². The zero-order valence-electron chi connectivity index (χ0n) is 18.2. The Hall–Kier alpha value is -1.06. The number of rotatable bonds is 19. The van der Waals surface area contributed by atoms with E-state index in [2.05, 4.69) is 13.8 Å². The Balaban J connectivity index is 3.50. The number of hydrogen-bond donors (Lipinski definition) is 0. The molecular formula is C23H44O4. The van der Waals surface area contributed by atoms with Crippen molar-refractivity contribution in [1.29, 1.82) is 0 Å². The number of unbranched alkanes of at least 4 members (excludes halogenated alkanes) is 10. The van der Waals surface area contributed by atoms with Gasteiger partial charge >= 0.3 is 11.9 Å². The van der Waals surface area contributed by atoms with Crippen molar-refractivity contribution in [3.05, 3.63) is 0 Å². The van der Waals surface area contributed by atoms with Gasteiger partial charge in [0.1, 0.15) is 0 Å². The van der Waals surface area contributed by atoms with Gasteiger partial charge < -0.3 is 9.47 Å². The van der Waals surface area contributed by atoms with Gasteiger partial charge in [-0.15, -0.1) is 0 Å². The summed E-state index contributed by atoms with van der Waals surface area (Å²) in [5, 5.41) is 0. The third-order valence-corrected chi connectivity index (χ3v) is 4.88. The van der Waals surface area contributed by atoms with Gasteiger partial charge in [-0.25, -0.2) is 0 Å². The Kier molecular flexibility index (Phi) is 18.9. The lowest BCUT2D eigenvalue weighted by Gasteiger charge is -2.11. The lowest BCUT2D eigenvalue weighted by molar-refractivity contribution is -0.147. The lowest BCUT2D eigenvalue weighted by Crippen LogP contribution is -2.13. The second-order valence-electron chi connectivity index (χ2n) is 7.82. The molecule has 0 heterocycles. The summed E-state index contributed by atoms with van der Waals surface area (Å²) in [5.74, 6) is -0.129. The molecule has 0 radical (unpaired) electrons. The molecule has 0 aliphatic heterocycles. The molecule has 0 amide bonds. The minimum absolute atomic E-state index is 0.142. The van der Waals surface area contributed by atoms with Gasteiger partial charge in [0, 0.05) is 12.8 Å². The zero-order valence-corrected chi connectivity index (χ0v) is 18.2. The average Bonchev–Trinajstić information content (AvgIpc) is 2.65. The first-order valence-electron chi connectivity index (χ1n) is 11.4. The van der Waals surface area contributed by atoms with Gasteiger partial charge in [-0.05, 0) is 25.2 Å². The molecular weight excluding hydrogens is 340 g/mol. The predicted octanol–water partition coefficient (Wildman–Crippen LogP) is 6.60. The van der Waals surface area contributed by atoms with Crippen LogP contribution in [-0.4, -0.2) is 25.2 Å². The van der Waals surface area contributed by atoms with Crippen molar-refractivity contribution < 1.29 is 19.1 Å². The molecule has 0 spiro atoms. The molecule has 0 aromatic heterocycles. The van der Waals surface area contributed by atoms with Gasteiger partial charge in [-0.2, -0.15) is 0 Å². The fourth-order valence-electron chi connectivity index (χ4n) is 3.02. The maximum atomic E-state index is 11.8. The van der Waals surface area contributed by atoms with Gasteiger partial charge in [0.2, 0.25) is 0 Å². The highest BCUT2D eigenvalue weighted by molar-refractivity contribution is 5.70. The number of hydrogen-bond acceptors (Lipinski definition) is 4. The SMILES string of the molecule is CCCCCCCCOC(=O)CCC(C)CC(=O)OCCCCCCCC. The van der Waals surface area contributed by atoms with Crippen molar-refractivity contribution in [2.24, 2.45) is 5.92 Å². The van der Waals surface area contributed by atoms with E-state index in [0.29, 0.717) is 32.5 Å². The first-order chi connectivity index (χ1) is 13.1. The highest BCUT2D eigenvalue weighted by Crippen LogP contribution is 2.13. The number of carbonyl (C=O) groups is 2. The summed E-state index contributed by atoms with van der Waals surface area (Å²) >= 11 is 0. The standard InChI is InChI=1S/C23H44O4/c1-4-6-8-10-12-14-18-26-22(24)17-16-21(3)20-23(25)27-19-15-13-11-9-7-5-2/h21H,4-20H2,1-3H3. The van der Waals surface area contributed by atoms with Crippen LogP contribution in [-0.2, 0) is 19.1 Å². The summed E-state index contributed by atoms with van der Waals surface area (Å²) in [6, 6.07) is 0. The molecule has 27 heavy (non-hydrogen) atoms. The molecule has 1 atom stereocenters. The summed E-state index contributed by atoms with van der Waals surface area (Å²) < 4.78 is 10.6. The van der Waals surface area contributed by atoms with E-state index >= 15 is 0 Å². The van der Waals surface area contributed by atoms with E-state index in [4.69, 9.17) is 9.47 Å². The van der Waals surface area contributed by atoms with Crippen molar-refractivity contribution in [2.75, 3.05) is 13.2 Å². The van der Waals surface area contributed by atoms with Gasteiger partial charge in [-0.3, -0.25) is 9.59 Å². The van der Waals surface area contributed by atoms with Crippen molar-refractivity contribution in [3.63, 3.8) is 0 Å². The van der Waals surface area contributed by atoms with Gasteiger partial charge in [0.25, 0.3) is 0 Å². The van der Waals surface area contributed by atoms with E-state index in [1.807, 2.05) is 6.92 Å². The second kappa shape index (κ2) is 19.7. The van der Waals surface area contributed by atoms with Crippen LogP contribution in [0.15, 0.2) is 0 Å². The van der Waals surface area contributed by atoms with E-state index in [0.717, 1.165) is 25.7 Å². The summed E-state index contributed by atoms with van der Waals surface area (Å²) in [6.45, 7) is 7.46.